The third-order valence-electron chi connectivity index (χ3n) is 3.64. The van der Waals surface area contributed by atoms with Crippen LogP contribution >= 0.6 is 0 Å². The van der Waals surface area contributed by atoms with Crippen molar-refractivity contribution in [3.8, 4) is 22.6 Å². The average molecular weight is 320 g/mol. The Bertz CT molecular complexity index is 963. The second-order valence-electron chi connectivity index (χ2n) is 5.37. The molecule has 0 saturated carbocycles. The summed E-state index contributed by atoms with van der Waals surface area (Å²) in [7, 11) is 0. The second-order valence-corrected chi connectivity index (χ2v) is 5.37. The Morgan fingerprint density at radius 1 is 1.00 bits per heavy atom. The predicted octanol–water partition coefficient (Wildman–Crippen LogP) is 3.86. The molecule has 118 valence electrons. The molecule has 4 rings (SSSR count). The van der Waals surface area contributed by atoms with Crippen molar-refractivity contribution >= 4 is 0 Å². The lowest BCUT2D eigenvalue weighted by atomic mass is 10.1. The van der Waals surface area contributed by atoms with E-state index in [9.17, 15) is 4.39 Å². The smallest absolute Gasteiger partial charge is 0.231 e. The van der Waals surface area contributed by atoms with Gasteiger partial charge in [0.1, 0.15) is 5.82 Å². The van der Waals surface area contributed by atoms with E-state index in [0.29, 0.717) is 18.1 Å². The lowest BCUT2D eigenvalue weighted by molar-refractivity contribution is 0.385. The highest BCUT2D eigenvalue weighted by Gasteiger charge is 2.11. The third-order valence-corrected chi connectivity index (χ3v) is 3.64. The maximum absolute atomic E-state index is 13.2. The number of H-pyrrole nitrogens is 1. The van der Waals surface area contributed by atoms with E-state index in [0.717, 1.165) is 22.4 Å². The van der Waals surface area contributed by atoms with E-state index in [1.54, 1.807) is 12.3 Å². The standard InChI is InChI=1S/C18H13FN4O/c19-15-6-1-3-12(9-15)10-17-21-18(23-24-17)14-5-2-4-13(11-14)16-7-8-20-22-16/h1-9,11H,10H2,(H,20,22). The van der Waals surface area contributed by atoms with E-state index in [1.165, 1.54) is 12.1 Å². The van der Waals surface area contributed by atoms with Crippen LogP contribution < -0.4 is 0 Å². The Morgan fingerprint density at radius 2 is 1.88 bits per heavy atom. The first-order valence-corrected chi connectivity index (χ1v) is 7.45. The maximum atomic E-state index is 13.2. The third kappa shape index (κ3) is 2.94. The molecule has 4 aromatic rings. The lowest BCUT2D eigenvalue weighted by Crippen LogP contribution is -1.89. The molecule has 5 nitrogen and oxygen atoms in total. The molecular formula is C18H13FN4O. The van der Waals surface area contributed by atoms with E-state index >= 15 is 0 Å². The van der Waals surface area contributed by atoms with Gasteiger partial charge in [0.25, 0.3) is 0 Å². The number of aromatic amines is 1. The molecule has 24 heavy (non-hydrogen) atoms. The van der Waals surface area contributed by atoms with Gasteiger partial charge in [-0.1, -0.05) is 35.5 Å². The van der Waals surface area contributed by atoms with Crippen molar-refractivity contribution in [3.05, 3.63) is 78.1 Å². The van der Waals surface area contributed by atoms with Crippen molar-refractivity contribution in [2.24, 2.45) is 0 Å². The number of halogens is 1. The maximum Gasteiger partial charge on any atom is 0.231 e. The van der Waals surface area contributed by atoms with Crippen molar-refractivity contribution in [1.29, 1.82) is 0 Å². The van der Waals surface area contributed by atoms with Gasteiger partial charge < -0.3 is 4.52 Å². The summed E-state index contributed by atoms with van der Waals surface area (Å²) in [5, 5.41) is 10.9. The topological polar surface area (TPSA) is 67.6 Å². The average Bonchev–Trinajstić information content (AvgIpc) is 3.27. The number of aromatic nitrogens is 4. The highest BCUT2D eigenvalue weighted by molar-refractivity contribution is 5.67. The molecule has 0 unspecified atom stereocenters. The molecule has 6 heteroatoms. The minimum atomic E-state index is -0.278. The van der Waals surface area contributed by atoms with Gasteiger partial charge in [0.05, 0.1) is 12.1 Å². The molecule has 2 heterocycles. The number of nitrogens with zero attached hydrogens (tertiary/aromatic N) is 3. The Labute approximate surface area is 137 Å². The molecule has 2 aromatic carbocycles. The van der Waals surface area contributed by atoms with Crippen LogP contribution in [0.15, 0.2) is 65.3 Å². The summed E-state index contributed by atoms with van der Waals surface area (Å²) in [5.74, 6) is 0.671. The molecule has 2 aromatic heterocycles. The molecule has 0 aliphatic carbocycles. The SMILES string of the molecule is Fc1cccc(Cc2nc(-c3cccc(-c4ccn[nH]4)c3)no2)c1. The van der Waals surface area contributed by atoms with E-state index < -0.39 is 0 Å². The number of rotatable bonds is 4. The quantitative estimate of drug-likeness (QED) is 0.620. The molecule has 0 radical (unpaired) electrons. The summed E-state index contributed by atoms with van der Waals surface area (Å²) in [6.07, 6.45) is 2.10. The van der Waals surface area contributed by atoms with E-state index in [-0.39, 0.29) is 5.82 Å². The second kappa shape index (κ2) is 6.08. The number of hydrogen-bond acceptors (Lipinski definition) is 4. The van der Waals surface area contributed by atoms with Crippen LogP contribution in [0.1, 0.15) is 11.5 Å². The highest BCUT2D eigenvalue weighted by atomic mass is 19.1. The molecule has 0 aliphatic rings. The molecule has 0 spiro atoms. The molecular weight excluding hydrogens is 307 g/mol. The Balaban J connectivity index is 1.60. The van der Waals surface area contributed by atoms with Gasteiger partial charge in [0, 0.05) is 17.3 Å². The van der Waals surface area contributed by atoms with Crippen LogP contribution in [0.5, 0.6) is 0 Å². The Hall–Kier alpha value is -3.28. The summed E-state index contributed by atoms with van der Waals surface area (Å²) < 4.78 is 18.5. The minimum absolute atomic E-state index is 0.278. The van der Waals surface area contributed by atoms with Gasteiger partial charge in [-0.15, -0.1) is 0 Å². The molecule has 0 aliphatic heterocycles. The minimum Gasteiger partial charge on any atom is -0.339 e. The first-order valence-electron chi connectivity index (χ1n) is 7.45. The van der Waals surface area contributed by atoms with Crippen LogP contribution in [0.25, 0.3) is 22.6 Å². The van der Waals surface area contributed by atoms with Crippen molar-refractivity contribution in [3.63, 3.8) is 0 Å². The Kier molecular flexibility index (Phi) is 3.63. The van der Waals surface area contributed by atoms with E-state index in [4.69, 9.17) is 4.52 Å². The predicted molar refractivity (Wildman–Crippen MR) is 86.5 cm³/mol. The van der Waals surface area contributed by atoms with Gasteiger partial charge in [0.2, 0.25) is 11.7 Å². The summed E-state index contributed by atoms with van der Waals surface area (Å²) in [4.78, 5) is 4.40. The zero-order valence-electron chi connectivity index (χ0n) is 12.6. The summed E-state index contributed by atoms with van der Waals surface area (Å²) in [5.41, 5.74) is 3.54. The first kappa shape index (κ1) is 14.3. The number of benzene rings is 2. The summed E-state index contributed by atoms with van der Waals surface area (Å²) in [6, 6.07) is 16.0. The van der Waals surface area contributed by atoms with Crippen LogP contribution in [-0.2, 0) is 6.42 Å². The molecule has 1 N–H and O–H groups in total. The van der Waals surface area contributed by atoms with Crippen LogP contribution in [0.4, 0.5) is 4.39 Å². The molecule has 0 saturated heterocycles. The molecule has 0 fully saturated rings. The van der Waals surface area contributed by atoms with Crippen LogP contribution in [0.3, 0.4) is 0 Å². The lowest BCUT2D eigenvalue weighted by Gasteiger charge is -1.99. The zero-order valence-corrected chi connectivity index (χ0v) is 12.6. The van der Waals surface area contributed by atoms with Crippen molar-refractivity contribution in [2.45, 2.75) is 6.42 Å². The largest absolute Gasteiger partial charge is 0.339 e. The van der Waals surface area contributed by atoms with E-state index in [1.807, 2.05) is 36.4 Å². The normalized spacial score (nSPS) is 10.9. The van der Waals surface area contributed by atoms with Crippen LogP contribution in [0, 0.1) is 5.82 Å². The van der Waals surface area contributed by atoms with E-state index in [2.05, 4.69) is 20.3 Å². The monoisotopic (exact) mass is 320 g/mol. The van der Waals surface area contributed by atoms with Gasteiger partial charge in [0.15, 0.2) is 0 Å². The van der Waals surface area contributed by atoms with Gasteiger partial charge >= 0.3 is 0 Å². The van der Waals surface area contributed by atoms with Gasteiger partial charge in [-0.3, -0.25) is 5.10 Å². The van der Waals surface area contributed by atoms with Crippen molar-refractivity contribution in [1.82, 2.24) is 20.3 Å². The molecule has 0 atom stereocenters. The fourth-order valence-corrected chi connectivity index (χ4v) is 2.51. The summed E-state index contributed by atoms with van der Waals surface area (Å²) >= 11 is 0. The van der Waals surface area contributed by atoms with Gasteiger partial charge in [-0.25, -0.2) is 4.39 Å². The highest BCUT2D eigenvalue weighted by Crippen LogP contribution is 2.23. The van der Waals surface area contributed by atoms with Gasteiger partial charge in [-0.05, 0) is 29.8 Å². The molecule has 0 bridgehead atoms. The number of nitrogens with one attached hydrogen (secondary N) is 1. The molecule has 0 amide bonds. The fraction of sp³-hybridized carbons (Fsp3) is 0.0556. The van der Waals surface area contributed by atoms with Crippen molar-refractivity contribution < 1.29 is 8.91 Å². The number of hydrogen-bond donors (Lipinski definition) is 1. The summed E-state index contributed by atoms with van der Waals surface area (Å²) in [6.45, 7) is 0. The Morgan fingerprint density at radius 3 is 2.71 bits per heavy atom. The van der Waals surface area contributed by atoms with Crippen LogP contribution in [-0.4, -0.2) is 20.3 Å². The zero-order chi connectivity index (χ0) is 16.4. The van der Waals surface area contributed by atoms with Crippen molar-refractivity contribution in [2.75, 3.05) is 0 Å². The first-order chi connectivity index (χ1) is 11.8. The fourth-order valence-electron chi connectivity index (χ4n) is 2.51. The van der Waals surface area contributed by atoms with Gasteiger partial charge in [-0.2, -0.15) is 10.1 Å². The van der Waals surface area contributed by atoms with Crippen LogP contribution in [0.2, 0.25) is 0 Å².